The van der Waals surface area contributed by atoms with Gasteiger partial charge in [0.15, 0.2) is 0 Å². The van der Waals surface area contributed by atoms with Gasteiger partial charge in [-0.25, -0.2) is 0 Å². The Labute approximate surface area is 271 Å². The van der Waals surface area contributed by atoms with Crippen LogP contribution in [0.15, 0.2) is 158 Å². The summed E-state index contributed by atoms with van der Waals surface area (Å²) >= 11 is 0. The minimum Gasteiger partial charge on any atom is -0.0622 e. The minimum atomic E-state index is -0.390. The van der Waals surface area contributed by atoms with Gasteiger partial charge in [0, 0.05) is 5.41 Å². The zero-order valence-electron chi connectivity index (χ0n) is 30.1. The number of rotatable bonds is 3. The van der Waals surface area contributed by atoms with E-state index in [0.29, 0.717) is 5.56 Å². The second-order valence-corrected chi connectivity index (χ2v) is 12.5. The molecule has 0 atom stereocenters. The summed E-state index contributed by atoms with van der Waals surface area (Å²) in [6.07, 6.45) is 0. The summed E-state index contributed by atoms with van der Waals surface area (Å²) in [5.74, 6) is 0. The molecule has 1 aliphatic rings. The van der Waals surface area contributed by atoms with Crippen molar-refractivity contribution < 1.29 is 6.85 Å². The molecule has 9 rings (SSSR count). The molecule has 0 bridgehead atoms. The SMILES string of the molecule is [2H]c1c([2H])c([2H])c(-c2c3ccccc3c(-c3ccc(-c4ccc5c6c(cccc46)C(C)(C)c4ccccc4-5)cc3)c3ccccc23)c([2H])c1[2H]. The summed E-state index contributed by atoms with van der Waals surface area (Å²) in [7, 11) is 0. The van der Waals surface area contributed by atoms with Crippen LogP contribution in [0.1, 0.15) is 31.8 Å². The third-order valence-corrected chi connectivity index (χ3v) is 9.77. The second kappa shape index (κ2) is 9.78. The first-order chi connectivity index (χ1) is 24.2. The molecule has 8 aromatic rings. The van der Waals surface area contributed by atoms with E-state index < -0.39 is 6.04 Å². The van der Waals surface area contributed by atoms with Gasteiger partial charge in [-0.05, 0) is 88.0 Å². The topological polar surface area (TPSA) is 0 Å². The predicted octanol–water partition coefficient (Wildman–Crippen LogP) is 12.5. The quantitative estimate of drug-likeness (QED) is 0.183. The fourth-order valence-corrected chi connectivity index (χ4v) is 7.71. The first-order valence-corrected chi connectivity index (χ1v) is 15.5. The Balaban J connectivity index is 1.25. The van der Waals surface area contributed by atoms with Crippen molar-refractivity contribution in [3.63, 3.8) is 0 Å². The first-order valence-electron chi connectivity index (χ1n) is 18.0. The Morgan fingerprint density at radius 2 is 0.911 bits per heavy atom. The lowest BCUT2D eigenvalue weighted by Crippen LogP contribution is -2.23. The molecule has 0 heteroatoms. The van der Waals surface area contributed by atoms with Crippen LogP contribution in [0, 0.1) is 0 Å². The van der Waals surface area contributed by atoms with Crippen molar-refractivity contribution in [3.8, 4) is 44.5 Å². The van der Waals surface area contributed by atoms with Crippen molar-refractivity contribution >= 4 is 32.3 Å². The summed E-state index contributed by atoms with van der Waals surface area (Å²) in [6, 6.07) is 43.3. The van der Waals surface area contributed by atoms with Gasteiger partial charge in [-0.3, -0.25) is 0 Å². The van der Waals surface area contributed by atoms with Crippen LogP contribution in [0.2, 0.25) is 0 Å². The van der Waals surface area contributed by atoms with Crippen LogP contribution in [-0.2, 0) is 5.41 Å². The van der Waals surface area contributed by atoms with Crippen molar-refractivity contribution in [1.29, 1.82) is 0 Å². The van der Waals surface area contributed by atoms with E-state index in [9.17, 15) is 0 Å². The van der Waals surface area contributed by atoms with Gasteiger partial charge in [0.2, 0.25) is 0 Å². The van der Waals surface area contributed by atoms with Crippen LogP contribution < -0.4 is 0 Å². The summed E-state index contributed by atoms with van der Waals surface area (Å²) in [6.45, 7) is 4.64. The highest BCUT2D eigenvalue weighted by Gasteiger charge is 2.33. The van der Waals surface area contributed by atoms with E-state index in [1.165, 1.54) is 38.6 Å². The average Bonchev–Trinajstić information content (AvgIpc) is 3.15. The van der Waals surface area contributed by atoms with E-state index in [1.807, 2.05) is 36.4 Å². The second-order valence-electron chi connectivity index (χ2n) is 12.5. The maximum Gasteiger partial charge on any atom is 0.0629 e. The summed E-state index contributed by atoms with van der Waals surface area (Å²) in [5.41, 5.74) is 10.5. The largest absolute Gasteiger partial charge is 0.0629 e. The van der Waals surface area contributed by atoms with Crippen LogP contribution in [-0.4, -0.2) is 0 Å². The smallest absolute Gasteiger partial charge is 0.0622 e. The molecule has 0 amide bonds. The summed E-state index contributed by atoms with van der Waals surface area (Å²) in [5, 5.41) is 6.17. The first kappa shape index (κ1) is 21.3. The van der Waals surface area contributed by atoms with Crippen LogP contribution in [0.4, 0.5) is 0 Å². The van der Waals surface area contributed by atoms with Gasteiger partial charge in [0.1, 0.15) is 0 Å². The highest BCUT2D eigenvalue weighted by molar-refractivity contribution is 6.21. The molecular formula is C45H32. The Hall–Kier alpha value is -5.46. The molecule has 212 valence electrons. The lowest BCUT2D eigenvalue weighted by atomic mass is 9.68. The molecule has 0 radical (unpaired) electrons. The fraction of sp³-hybridized carbons (Fsp3) is 0.0667. The molecule has 0 saturated heterocycles. The zero-order chi connectivity index (χ0) is 34.5. The van der Waals surface area contributed by atoms with E-state index in [-0.39, 0.29) is 35.1 Å². The molecule has 0 spiro atoms. The molecule has 0 N–H and O–H groups in total. The molecule has 1 aliphatic carbocycles. The van der Waals surface area contributed by atoms with Gasteiger partial charge in [0.25, 0.3) is 0 Å². The minimum absolute atomic E-state index is 0.116. The lowest BCUT2D eigenvalue weighted by molar-refractivity contribution is 0.645. The highest BCUT2D eigenvalue weighted by Crippen LogP contribution is 2.50. The van der Waals surface area contributed by atoms with Gasteiger partial charge >= 0.3 is 0 Å². The van der Waals surface area contributed by atoms with Gasteiger partial charge in [-0.15, -0.1) is 0 Å². The summed E-state index contributed by atoms with van der Waals surface area (Å²) in [4.78, 5) is 0. The van der Waals surface area contributed by atoms with Crippen molar-refractivity contribution in [3.05, 3.63) is 169 Å². The standard InChI is InChI=1S/C45H32/c1-45(2)40-21-11-10-15-33(40)39-28-27-32(34-20-12-22-41(45)44(34)39)29-23-25-31(26-24-29)43-37-18-8-6-16-35(37)42(30-13-4-3-5-14-30)36-17-7-9-19-38(36)43/h3-28H,1-2H3/i3D,4D,5D,13D,14D. The van der Waals surface area contributed by atoms with Gasteiger partial charge in [-0.2, -0.15) is 0 Å². The van der Waals surface area contributed by atoms with E-state index in [2.05, 4.69) is 105 Å². The normalized spacial score (nSPS) is 14.8. The molecule has 0 nitrogen and oxygen atoms in total. The Bertz CT molecular complexity index is 2640. The van der Waals surface area contributed by atoms with Crippen LogP contribution in [0.5, 0.6) is 0 Å². The monoisotopic (exact) mass is 577 g/mol. The third kappa shape index (κ3) is 3.79. The zero-order valence-corrected chi connectivity index (χ0v) is 25.1. The Morgan fingerprint density at radius 3 is 1.58 bits per heavy atom. The van der Waals surface area contributed by atoms with Crippen molar-refractivity contribution in [2.24, 2.45) is 0 Å². The summed E-state index contributed by atoms with van der Waals surface area (Å²) < 4.78 is 42.6. The van der Waals surface area contributed by atoms with Crippen molar-refractivity contribution in [1.82, 2.24) is 0 Å². The third-order valence-electron chi connectivity index (χ3n) is 9.77. The maximum atomic E-state index is 8.83. The van der Waals surface area contributed by atoms with Crippen molar-refractivity contribution in [2.45, 2.75) is 19.3 Å². The van der Waals surface area contributed by atoms with Crippen LogP contribution in [0.3, 0.4) is 0 Å². The number of hydrogen-bond acceptors (Lipinski definition) is 0. The maximum absolute atomic E-state index is 8.83. The predicted molar refractivity (Wildman–Crippen MR) is 193 cm³/mol. The van der Waals surface area contributed by atoms with Crippen LogP contribution in [0.25, 0.3) is 76.8 Å². The number of hydrogen-bond donors (Lipinski definition) is 0. The van der Waals surface area contributed by atoms with Gasteiger partial charge < -0.3 is 0 Å². The molecule has 0 aliphatic heterocycles. The average molecular weight is 578 g/mol. The molecule has 0 saturated carbocycles. The van der Waals surface area contributed by atoms with E-state index in [1.54, 1.807) is 0 Å². The van der Waals surface area contributed by atoms with E-state index >= 15 is 0 Å². The molecule has 8 aromatic carbocycles. The van der Waals surface area contributed by atoms with Gasteiger partial charge in [-0.1, -0.05) is 171 Å². The molecule has 0 fully saturated rings. The fourth-order valence-electron chi connectivity index (χ4n) is 7.71. The van der Waals surface area contributed by atoms with Gasteiger partial charge in [0.05, 0.1) is 6.85 Å². The molecule has 0 unspecified atom stereocenters. The Morgan fingerprint density at radius 1 is 0.400 bits per heavy atom. The Kier molecular flexibility index (Phi) is 4.62. The lowest BCUT2D eigenvalue weighted by Gasteiger charge is -2.35. The molecular weight excluding hydrogens is 540 g/mol. The van der Waals surface area contributed by atoms with Crippen molar-refractivity contribution in [2.75, 3.05) is 0 Å². The molecule has 0 aromatic heterocycles. The number of benzene rings is 8. The van der Waals surface area contributed by atoms with E-state index in [4.69, 9.17) is 6.85 Å². The molecule has 45 heavy (non-hydrogen) atoms. The number of fused-ring (bicyclic) bond motifs is 4. The highest BCUT2D eigenvalue weighted by atomic mass is 14.4. The van der Waals surface area contributed by atoms with E-state index in [0.717, 1.165) is 38.2 Å². The molecule has 0 heterocycles. The van der Waals surface area contributed by atoms with Crippen LogP contribution >= 0.6 is 0 Å².